The maximum atomic E-state index is 13.1. The first-order valence-electron chi connectivity index (χ1n) is 6.03. The minimum Gasteiger partial charge on any atom is -0.393 e. The number of hydrogen-bond acceptors (Lipinski definition) is 3. The minimum absolute atomic E-state index is 0.250. The molecule has 1 aromatic carbocycles. The summed E-state index contributed by atoms with van der Waals surface area (Å²) < 4.78 is 13.1. The van der Waals surface area contributed by atoms with Crippen LogP contribution in [0.3, 0.4) is 0 Å². The average Bonchev–Trinajstić information content (AvgIpc) is 2.78. The Morgan fingerprint density at radius 1 is 1.59 bits per heavy atom. The molecule has 0 spiro atoms. The highest BCUT2D eigenvalue weighted by Gasteiger charge is 2.27. The normalized spacial score (nSPS) is 21.9. The lowest BCUT2D eigenvalue weighted by molar-refractivity contribution is 0.136. The van der Waals surface area contributed by atoms with E-state index in [2.05, 4.69) is 4.90 Å². The van der Waals surface area contributed by atoms with Crippen molar-refractivity contribution < 1.29 is 9.50 Å². The van der Waals surface area contributed by atoms with Crippen molar-refractivity contribution in [3.05, 3.63) is 29.6 Å². The standard InChI is InChI=1S/C13H19FN2O/c1-9(17)10-4-5-16(8-10)13-3-2-12(14)6-11(13)7-15/h2-3,6,9-10,17H,4-5,7-8,15H2,1H3. The van der Waals surface area contributed by atoms with Crippen LogP contribution in [0, 0.1) is 11.7 Å². The Hall–Kier alpha value is -1.13. The quantitative estimate of drug-likeness (QED) is 0.839. The molecule has 2 atom stereocenters. The zero-order valence-electron chi connectivity index (χ0n) is 10.1. The molecule has 1 fully saturated rings. The Morgan fingerprint density at radius 3 is 2.94 bits per heavy atom. The van der Waals surface area contributed by atoms with E-state index < -0.39 is 0 Å². The number of halogens is 1. The van der Waals surface area contributed by atoms with Gasteiger partial charge in [-0.2, -0.15) is 0 Å². The number of aliphatic hydroxyl groups excluding tert-OH is 1. The summed E-state index contributed by atoms with van der Waals surface area (Å²) in [6.45, 7) is 3.87. The van der Waals surface area contributed by atoms with Crippen LogP contribution in [0.2, 0.25) is 0 Å². The number of nitrogens with two attached hydrogens (primary N) is 1. The summed E-state index contributed by atoms with van der Waals surface area (Å²) in [5.74, 6) is 0.0474. The van der Waals surface area contributed by atoms with Crippen molar-refractivity contribution in [1.29, 1.82) is 0 Å². The molecular formula is C13H19FN2O. The van der Waals surface area contributed by atoms with E-state index >= 15 is 0 Å². The fourth-order valence-electron chi connectivity index (χ4n) is 2.43. The van der Waals surface area contributed by atoms with Crippen molar-refractivity contribution in [3.63, 3.8) is 0 Å². The molecule has 0 bridgehead atoms. The van der Waals surface area contributed by atoms with E-state index in [1.165, 1.54) is 12.1 Å². The molecule has 0 radical (unpaired) electrons. The van der Waals surface area contributed by atoms with Crippen LogP contribution in [0.5, 0.6) is 0 Å². The van der Waals surface area contributed by atoms with Crippen LogP contribution in [0.15, 0.2) is 18.2 Å². The van der Waals surface area contributed by atoms with Crippen molar-refractivity contribution in [3.8, 4) is 0 Å². The molecule has 1 aliphatic rings. The molecule has 94 valence electrons. The van der Waals surface area contributed by atoms with Crippen molar-refractivity contribution in [2.24, 2.45) is 11.7 Å². The largest absolute Gasteiger partial charge is 0.393 e. The molecule has 0 amide bonds. The lowest BCUT2D eigenvalue weighted by Gasteiger charge is -2.22. The molecule has 1 heterocycles. The Morgan fingerprint density at radius 2 is 2.35 bits per heavy atom. The maximum Gasteiger partial charge on any atom is 0.123 e. The van der Waals surface area contributed by atoms with Crippen LogP contribution in [0.25, 0.3) is 0 Å². The van der Waals surface area contributed by atoms with E-state index in [-0.39, 0.29) is 11.9 Å². The van der Waals surface area contributed by atoms with Gasteiger partial charge in [0.1, 0.15) is 5.82 Å². The molecule has 17 heavy (non-hydrogen) atoms. The van der Waals surface area contributed by atoms with Crippen LogP contribution in [0.4, 0.5) is 10.1 Å². The summed E-state index contributed by atoms with van der Waals surface area (Å²) in [5, 5.41) is 9.58. The second-order valence-corrected chi connectivity index (χ2v) is 4.71. The van der Waals surface area contributed by atoms with E-state index in [4.69, 9.17) is 5.73 Å². The van der Waals surface area contributed by atoms with E-state index in [1.807, 2.05) is 6.92 Å². The predicted molar refractivity (Wildman–Crippen MR) is 66.3 cm³/mol. The number of anilines is 1. The Kier molecular flexibility index (Phi) is 3.64. The molecule has 0 saturated carbocycles. The summed E-state index contributed by atoms with van der Waals surface area (Å²) in [5.41, 5.74) is 7.47. The molecule has 1 aliphatic heterocycles. The molecule has 4 heteroatoms. The maximum absolute atomic E-state index is 13.1. The Labute approximate surface area is 101 Å². The number of benzene rings is 1. The van der Waals surface area contributed by atoms with Crippen molar-refractivity contribution in [2.75, 3.05) is 18.0 Å². The third kappa shape index (κ3) is 2.58. The zero-order valence-corrected chi connectivity index (χ0v) is 10.1. The zero-order chi connectivity index (χ0) is 12.4. The van der Waals surface area contributed by atoms with Crippen LogP contribution >= 0.6 is 0 Å². The molecule has 0 aromatic heterocycles. The lowest BCUT2D eigenvalue weighted by Crippen LogP contribution is -2.25. The predicted octanol–water partition coefficient (Wildman–Crippen LogP) is 1.49. The van der Waals surface area contributed by atoms with Gasteiger partial charge in [0.25, 0.3) is 0 Å². The molecule has 1 saturated heterocycles. The third-order valence-corrected chi connectivity index (χ3v) is 3.51. The molecular weight excluding hydrogens is 219 g/mol. The van der Waals surface area contributed by atoms with Gasteiger partial charge in [0.05, 0.1) is 6.10 Å². The van der Waals surface area contributed by atoms with Gasteiger partial charge in [-0.1, -0.05) is 0 Å². The molecule has 0 aliphatic carbocycles. The highest BCUT2D eigenvalue weighted by atomic mass is 19.1. The SMILES string of the molecule is CC(O)C1CCN(c2ccc(F)cc2CN)C1. The first-order valence-corrected chi connectivity index (χ1v) is 6.03. The highest BCUT2D eigenvalue weighted by Crippen LogP contribution is 2.28. The van der Waals surface area contributed by atoms with Crippen LogP contribution in [0.1, 0.15) is 18.9 Å². The first-order chi connectivity index (χ1) is 8.11. The van der Waals surface area contributed by atoms with Crippen molar-refractivity contribution in [2.45, 2.75) is 26.0 Å². The van der Waals surface area contributed by atoms with Gasteiger partial charge in [-0.15, -0.1) is 0 Å². The number of nitrogens with zero attached hydrogens (tertiary/aromatic N) is 1. The van der Waals surface area contributed by atoms with Gasteiger partial charge in [0.15, 0.2) is 0 Å². The molecule has 2 rings (SSSR count). The summed E-state index contributed by atoms with van der Waals surface area (Å²) >= 11 is 0. The van der Waals surface area contributed by atoms with E-state index in [0.717, 1.165) is 30.8 Å². The van der Waals surface area contributed by atoms with Gasteiger partial charge in [-0.25, -0.2) is 4.39 Å². The number of rotatable bonds is 3. The second-order valence-electron chi connectivity index (χ2n) is 4.71. The van der Waals surface area contributed by atoms with E-state index in [0.29, 0.717) is 12.5 Å². The first kappa shape index (κ1) is 12.3. The number of hydrogen-bond donors (Lipinski definition) is 2. The monoisotopic (exact) mass is 238 g/mol. The van der Waals surface area contributed by atoms with Gasteiger partial charge in [-0.05, 0) is 37.1 Å². The van der Waals surface area contributed by atoms with Gasteiger partial charge in [0.2, 0.25) is 0 Å². The van der Waals surface area contributed by atoms with Gasteiger partial charge in [-0.3, -0.25) is 0 Å². The second kappa shape index (κ2) is 5.02. The van der Waals surface area contributed by atoms with Gasteiger partial charge in [0, 0.05) is 31.2 Å². The lowest BCUT2D eigenvalue weighted by atomic mass is 10.0. The average molecular weight is 238 g/mol. The fourth-order valence-corrected chi connectivity index (χ4v) is 2.43. The summed E-state index contributed by atoms with van der Waals surface area (Å²) in [6, 6.07) is 4.73. The molecule has 2 unspecified atom stereocenters. The topological polar surface area (TPSA) is 49.5 Å². The van der Waals surface area contributed by atoms with Crippen LogP contribution in [-0.2, 0) is 6.54 Å². The summed E-state index contributed by atoms with van der Waals surface area (Å²) in [4.78, 5) is 2.18. The molecule has 3 nitrogen and oxygen atoms in total. The molecule has 1 aromatic rings. The Bertz CT molecular complexity index is 395. The smallest absolute Gasteiger partial charge is 0.123 e. The summed E-state index contributed by atoms with van der Waals surface area (Å²) in [6.07, 6.45) is 0.681. The highest BCUT2D eigenvalue weighted by molar-refractivity contribution is 5.54. The van der Waals surface area contributed by atoms with E-state index in [9.17, 15) is 9.50 Å². The van der Waals surface area contributed by atoms with Crippen LogP contribution < -0.4 is 10.6 Å². The Balaban J connectivity index is 2.18. The van der Waals surface area contributed by atoms with Crippen molar-refractivity contribution in [1.82, 2.24) is 0 Å². The van der Waals surface area contributed by atoms with Gasteiger partial charge < -0.3 is 15.7 Å². The van der Waals surface area contributed by atoms with Crippen LogP contribution in [-0.4, -0.2) is 24.3 Å². The van der Waals surface area contributed by atoms with Crippen molar-refractivity contribution >= 4 is 5.69 Å². The third-order valence-electron chi connectivity index (χ3n) is 3.51. The van der Waals surface area contributed by atoms with Gasteiger partial charge >= 0.3 is 0 Å². The fraction of sp³-hybridized carbons (Fsp3) is 0.538. The summed E-state index contributed by atoms with van der Waals surface area (Å²) in [7, 11) is 0. The molecule has 3 N–H and O–H groups in total. The minimum atomic E-state index is -0.290. The van der Waals surface area contributed by atoms with E-state index in [1.54, 1.807) is 6.07 Å². The number of aliphatic hydroxyl groups is 1.